The van der Waals surface area contributed by atoms with Crippen LogP contribution in [0.5, 0.6) is 0 Å². The van der Waals surface area contributed by atoms with Crippen LogP contribution in [0.15, 0.2) is 12.1 Å². The van der Waals surface area contributed by atoms with E-state index in [2.05, 4.69) is 32.4 Å². The highest BCUT2D eigenvalue weighted by Crippen LogP contribution is 2.13. The van der Waals surface area contributed by atoms with E-state index < -0.39 is 0 Å². The Morgan fingerprint density at radius 3 is 2.56 bits per heavy atom. The third kappa shape index (κ3) is 3.16. The first-order valence-corrected chi connectivity index (χ1v) is 6.26. The molecule has 2 rings (SSSR count). The summed E-state index contributed by atoms with van der Waals surface area (Å²) in [6, 6.07) is 3.71. The van der Waals surface area contributed by atoms with Crippen LogP contribution in [0.4, 0.5) is 11.6 Å². The Balaban J connectivity index is 1.97. The molecular weight excluding hydrogens is 230 g/mol. The standard InChI is InChI=1S/C12H19N5O/c1-3-12(18)13-10-4-5-11(15-14-10)17-8-6-16(2)7-9-17/h4-5H,3,6-9H2,1-2H3,(H,13,14,18). The van der Waals surface area contributed by atoms with Crippen molar-refractivity contribution >= 4 is 17.5 Å². The normalized spacial score (nSPS) is 16.7. The van der Waals surface area contributed by atoms with Gasteiger partial charge in [0.05, 0.1) is 0 Å². The zero-order valence-electron chi connectivity index (χ0n) is 10.9. The van der Waals surface area contributed by atoms with Gasteiger partial charge in [-0.3, -0.25) is 4.79 Å². The molecule has 0 unspecified atom stereocenters. The minimum Gasteiger partial charge on any atom is -0.353 e. The number of hydrogen-bond donors (Lipinski definition) is 1. The second-order valence-corrected chi connectivity index (χ2v) is 4.47. The SMILES string of the molecule is CCC(=O)Nc1ccc(N2CCN(C)CC2)nn1. The van der Waals surface area contributed by atoms with Crippen molar-refractivity contribution in [3.05, 3.63) is 12.1 Å². The second-order valence-electron chi connectivity index (χ2n) is 4.47. The second kappa shape index (κ2) is 5.77. The van der Waals surface area contributed by atoms with Gasteiger partial charge in [-0.15, -0.1) is 10.2 Å². The Bertz CT molecular complexity index is 397. The molecule has 1 aliphatic rings. The molecule has 18 heavy (non-hydrogen) atoms. The van der Waals surface area contributed by atoms with Gasteiger partial charge in [0.2, 0.25) is 5.91 Å². The Kier molecular flexibility index (Phi) is 4.09. The number of piperazine rings is 1. The Morgan fingerprint density at radius 1 is 1.28 bits per heavy atom. The van der Waals surface area contributed by atoms with E-state index in [1.807, 2.05) is 6.07 Å². The van der Waals surface area contributed by atoms with Gasteiger partial charge in [-0.25, -0.2) is 0 Å². The van der Waals surface area contributed by atoms with Crippen molar-refractivity contribution in [1.82, 2.24) is 15.1 Å². The minimum atomic E-state index is -0.0448. The number of amides is 1. The van der Waals surface area contributed by atoms with E-state index in [0.717, 1.165) is 32.0 Å². The largest absolute Gasteiger partial charge is 0.353 e. The number of anilines is 2. The third-order valence-corrected chi connectivity index (χ3v) is 3.07. The van der Waals surface area contributed by atoms with Crippen molar-refractivity contribution in [2.45, 2.75) is 13.3 Å². The van der Waals surface area contributed by atoms with Crippen molar-refractivity contribution in [3.8, 4) is 0 Å². The maximum Gasteiger partial charge on any atom is 0.225 e. The van der Waals surface area contributed by atoms with Crippen LogP contribution in [0.25, 0.3) is 0 Å². The molecule has 1 fully saturated rings. The summed E-state index contributed by atoms with van der Waals surface area (Å²) >= 11 is 0. The summed E-state index contributed by atoms with van der Waals surface area (Å²) in [6.07, 6.45) is 0.446. The number of nitrogens with zero attached hydrogens (tertiary/aromatic N) is 4. The predicted molar refractivity (Wildman–Crippen MR) is 70.7 cm³/mol. The molecule has 0 aliphatic carbocycles. The lowest BCUT2D eigenvalue weighted by molar-refractivity contribution is -0.115. The van der Waals surface area contributed by atoms with Gasteiger partial charge in [-0.05, 0) is 19.2 Å². The first-order valence-electron chi connectivity index (χ1n) is 6.26. The number of hydrogen-bond acceptors (Lipinski definition) is 5. The fourth-order valence-electron chi connectivity index (χ4n) is 1.83. The summed E-state index contributed by atoms with van der Waals surface area (Å²) < 4.78 is 0. The summed E-state index contributed by atoms with van der Waals surface area (Å²) in [7, 11) is 2.12. The van der Waals surface area contributed by atoms with E-state index in [1.165, 1.54) is 0 Å². The van der Waals surface area contributed by atoms with E-state index in [9.17, 15) is 4.79 Å². The van der Waals surface area contributed by atoms with Gasteiger partial charge in [0.25, 0.3) is 0 Å². The van der Waals surface area contributed by atoms with Crippen molar-refractivity contribution < 1.29 is 4.79 Å². The molecule has 1 aromatic heterocycles. The summed E-state index contributed by atoms with van der Waals surface area (Å²) in [5.41, 5.74) is 0. The molecule has 1 saturated heterocycles. The number of likely N-dealkylation sites (N-methyl/N-ethyl adjacent to an activating group) is 1. The summed E-state index contributed by atoms with van der Waals surface area (Å²) in [5.74, 6) is 1.34. The van der Waals surface area contributed by atoms with Crippen LogP contribution in [0.3, 0.4) is 0 Å². The molecule has 0 radical (unpaired) electrons. The molecule has 1 N–H and O–H groups in total. The van der Waals surface area contributed by atoms with E-state index in [0.29, 0.717) is 12.2 Å². The summed E-state index contributed by atoms with van der Waals surface area (Å²) in [5, 5.41) is 10.9. The molecule has 1 aliphatic heterocycles. The van der Waals surface area contributed by atoms with Crippen LogP contribution >= 0.6 is 0 Å². The fraction of sp³-hybridized carbons (Fsp3) is 0.583. The van der Waals surface area contributed by atoms with Gasteiger partial charge in [-0.1, -0.05) is 6.92 Å². The maximum atomic E-state index is 11.2. The monoisotopic (exact) mass is 249 g/mol. The van der Waals surface area contributed by atoms with Crippen LogP contribution in [0.2, 0.25) is 0 Å². The molecule has 0 aromatic carbocycles. The van der Waals surface area contributed by atoms with Crippen LogP contribution in [0, 0.1) is 0 Å². The third-order valence-electron chi connectivity index (χ3n) is 3.07. The van der Waals surface area contributed by atoms with E-state index in [1.54, 1.807) is 13.0 Å². The van der Waals surface area contributed by atoms with Crippen molar-refractivity contribution in [2.24, 2.45) is 0 Å². The smallest absolute Gasteiger partial charge is 0.225 e. The van der Waals surface area contributed by atoms with Gasteiger partial charge in [-0.2, -0.15) is 0 Å². The minimum absolute atomic E-state index is 0.0448. The van der Waals surface area contributed by atoms with E-state index in [-0.39, 0.29) is 5.91 Å². The quantitative estimate of drug-likeness (QED) is 0.849. The number of carbonyl (C=O) groups is 1. The lowest BCUT2D eigenvalue weighted by Gasteiger charge is -2.32. The predicted octanol–water partition coefficient (Wildman–Crippen LogP) is 0.577. The molecule has 0 saturated carbocycles. The summed E-state index contributed by atoms with van der Waals surface area (Å²) in [6.45, 7) is 5.81. The van der Waals surface area contributed by atoms with Crippen molar-refractivity contribution in [3.63, 3.8) is 0 Å². The highest BCUT2D eigenvalue weighted by Gasteiger charge is 2.15. The zero-order chi connectivity index (χ0) is 13.0. The fourth-order valence-corrected chi connectivity index (χ4v) is 1.83. The topological polar surface area (TPSA) is 61.4 Å². The number of aromatic nitrogens is 2. The Hall–Kier alpha value is -1.69. The average Bonchev–Trinajstić information content (AvgIpc) is 2.40. The van der Waals surface area contributed by atoms with E-state index >= 15 is 0 Å². The molecule has 98 valence electrons. The van der Waals surface area contributed by atoms with Gasteiger partial charge in [0, 0.05) is 32.6 Å². The Labute approximate surface area is 107 Å². The summed E-state index contributed by atoms with van der Waals surface area (Å²) in [4.78, 5) is 15.7. The van der Waals surface area contributed by atoms with Gasteiger partial charge in [0.1, 0.15) is 0 Å². The Morgan fingerprint density at radius 2 is 2.00 bits per heavy atom. The first-order chi connectivity index (χ1) is 8.69. The highest BCUT2D eigenvalue weighted by atomic mass is 16.1. The number of nitrogens with one attached hydrogen (secondary N) is 1. The number of carbonyl (C=O) groups excluding carboxylic acids is 1. The molecule has 1 amide bonds. The van der Waals surface area contributed by atoms with Crippen LogP contribution in [-0.2, 0) is 4.79 Å². The molecular formula is C12H19N5O. The molecule has 0 bridgehead atoms. The lowest BCUT2D eigenvalue weighted by atomic mass is 10.3. The molecule has 2 heterocycles. The highest BCUT2D eigenvalue weighted by molar-refractivity contribution is 5.89. The number of rotatable bonds is 3. The van der Waals surface area contributed by atoms with Crippen molar-refractivity contribution in [1.29, 1.82) is 0 Å². The van der Waals surface area contributed by atoms with Crippen LogP contribution in [0.1, 0.15) is 13.3 Å². The molecule has 6 nitrogen and oxygen atoms in total. The van der Waals surface area contributed by atoms with Crippen LogP contribution < -0.4 is 10.2 Å². The molecule has 0 spiro atoms. The van der Waals surface area contributed by atoms with Crippen molar-refractivity contribution in [2.75, 3.05) is 43.4 Å². The average molecular weight is 249 g/mol. The van der Waals surface area contributed by atoms with Crippen LogP contribution in [-0.4, -0.2) is 54.2 Å². The maximum absolute atomic E-state index is 11.2. The van der Waals surface area contributed by atoms with E-state index in [4.69, 9.17) is 0 Å². The molecule has 6 heteroatoms. The van der Waals surface area contributed by atoms with Gasteiger partial charge >= 0.3 is 0 Å². The van der Waals surface area contributed by atoms with Gasteiger partial charge < -0.3 is 15.1 Å². The lowest BCUT2D eigenvalue weighted by Crippen LogP contribution is -2.44. The molecule has 0 atom stereocenters. The molecule has 1 aromatic rings. The van der Waals surface area contributed by atoms with Gasteiger partial charge in [0.15, 0.2) is 11.6 Å². The first kappa shape index (κ1) is 12.8. The zero-order valence-corrected chi connectivity index (χ0v) is 10.9.